The molecule has 0 aromatic heterocycles. The molecule has 0 saturated carbocycles. The summed E-state index contributed by atoms with van der Waals surface area (Å²) in [6.45, 7) is 0. The lowest BCUT2D eigenvalue weighted by Gasteiger charge is -1.99. The minimum Gasteiger partial charge on any atom is -0.298 e. The smallest absolute Gasteiger partial charge is 0.298 e. The fourth-order valence-corrected chi connectivity index (χ4v) is 0.591. The molecule has 0 bridgehead atoms. The van der Waals surface area contributed by atoms with Crippen LogP contribution in [0.4, 0.5) is 0 Å². The first-order valence-electron chi connectivity index (χ1n) is 2.15. The van der Waals surface area contributed by atoms with Crippen LogP contribution in [0.25, 0.3) is 0 Å². The van der Waals surface area contributed by atoms with Crippen molar-refractivity contribution in [2.24, 2.45) is 0 Å². The third-order valence-corrected chi connectivity index (χ3v) is 1.11. The molecule has 1 fully saturated rings. The van der Waals surface area contributed by atoms with E-state index in [1.165, 1.54) is 0 Å². The van der Waals surface area contributed by atoms with E-state index >= 15 is 0 Å². The van der Waals surface area contributed by atoms with Gasteiger partial charge in [0.15, 0.2) is 0 Å². The summed E-state index contributed by atoms with van der Waals surface area (Å²) in [6.07, 6.45) is 0. The Morgan fingerprint density at radius 1 is 1.09 bits per heavy atom. The van der Waals surface area contributed by atoms with Gasteiger partial charge in [0.05, 0.1) is 0 Å². The first-order valence-corrected chi connectivity index (χ1v) is 3.64. The summed E-state index contributed by atoms with van der Waals surface area (Å²) in [4.78, 5) is 35.6. The van der Waals surface area contributed by atoms with Gasteiger partial charge in [0.25, 0.3) is 0 Å². The Morgan fingerprint density at radius 3 is 1.82 bits per heavy atom. The summed E-state index contributed by atoms with van der Waals surface area (Å²) in [5, 5.41) is 0. The number of phosphoric acid groups is 1. The standard InChI is InChI=1S/C2HO8P/c3-1-2(4)8-10-11(5,6)9-7-1/h(H,5,6). The topological polar surface area (TPSA) is 108 Å². The maximum atomic E-state index is 10.3. The van der Waals surface area contributed by atoms with Gasteiger partial charge >= 0.3 is 19.8 Å². The SMILES string of the molecule is O=C1OOP(=O)(O)OOC1=O. The molecule has 0 atom stereocenters. The Morgan fingerprint density at radius 2 is 1.45 bits per heavy atom. The Bertz CT molecular complexity index is 220. The number of hydrogen-bond donors (Lipinski definition) is 1. The Balaban J connectivity index is 2.73. The van der Waals surface area contributed by atoms with Crippen molar-refractivity contribution >= 4 is 19.8 Å². The minimum absolute atomic E-state index is 1.57. The van der Waals surface area contributed by atoms with Gasteiger partial charge in [-0.1, -0.05) is 9.35 Å². The first-order chi connectivity index (χ1) is 5.01. The van der Waals surface area contributed by atoms with Crippen molar-refractivity contribution < 1.29 is 38.2 Å². The molecule has 1 rings (SSSR count). The Labute approximate surface area is 59.1 Å². The van der Waals surface area contributed by atoms with Crippen LogP contribution >= 0.6 is 7.82 Å². The molecule has 0 aromatic rings. The second-order valence-corrected chi connectivity index (χ2v) is 2.59. The molecule has 1 aliphatic rings. The molecule has 0 radical (unpaired) electrons. The normalized spacial score (nSPS) is 23.4. The number of carbonyl (C=O) groups excluding carboxylic acids is 2. The van der Waals surface area contributed by atoms with E-state index in [-0.39, 0.29) is 0 Å². The summed E-state index contributed by atoms with van der Waals surface area (Å²) in [5.74, 6) is -3.14. The van der Waals surface area contributed by atoms with Crippen LogP contribution in [0.1, 0.15) is 0 Å². The predicted molar refractivity (Wildman–Crippen MR) is 24.2 cm³/mol. The van der Waals surface area contributed by atoms with E-state index in [0.29, 0.717) is 0 Å². The quantitative estimate of drug-likeness (QED) is 0.291. The molecule has 0 amide bonds. The molecule has 9 heteroatoms. The van der Waals surface area contributed by atoms with Crippen molar-refractivity contribution in [3.05, 3.63) is 0 Å². The van der Waals surface area contributed by atoms with E-state index in [9.17, 15) is 14.2 Å². The molecule has 1 aliphatic heterocycles. The maximum absolute atomic E-state index is 10.3. The second-order valence-electron chi connectivity index (χ2n) is 1.36. The van der Waals surface area contributed by atoms with Crippen LogP contribution in [0.2, 0.25) is 0 Å². The van der Waals surface area contributed by atoms with Crippen molar-refractivity contribution in [1.29, 1.82) is 0 Å². The largest absolute Gasteiger partial charge is 0.544 e. The van der Waals surface area contributed by atoms with Gasteiger partial charge in [-0.25, -0.2) is 14.2 Å². The highest BCUT2D eigenvalue weighted by molar-refractivity contribution is 7.47. The molecule has 62 valence electrons. The van der Waals surface area contributed by atoms with Crippen molar-refractivity contribution in [3.63, 3.8) is 0 Å². The Kier molecular flexibility index (Phi) is 1.92. The van der Waals surface area contributed by atoms with E-state index in [0.717, 1.165) is 0 Å². The summed E-state index contributed by atoms with van der Waals surface area (Å²) in [6, 6.07) is 0. The van der Waals surface area contributed by atoms with Crippen LogP contribution in [0.3, 0.4) is 0 Å². The van der Waals surface area contributed by atoms with Gasteiger partial charge in [0.2, 0.25) is 0 Å². The van der Waals surface area contributed by atoms with Crippen molar-refractivity contribution in [2.45, 2.75) is 0 Å². The molecule has 0 aromatic carbocycles. The van der Waals surface area contributed by atoms with Gasteiger partial charge in [0, 0.05) is 0 Å². The van der Waals surface area contributed by atoms with Crippen molar-refractivity contribution in [3.8, 4) is 0 Å². The zero-order valence-electron chi connectivity index (χ0n) is 4.75. The molecule has 1 heterocycles. The molecular formula is C2HO8P. The lowest BCUT2D eigenvalue weighted by molar-refractivity contribution is -0.220. The van der Waals surface area contributed by atoms with Gasteiger partial charge in [-0.2, -0.15) is 0 Å². The zero-order valence-corrected chi connectivity index (χ0v) is 5.65. The molecule has 0 spiro atoms. The summed E-state index contributed by atoms with van der Waals surface area (Å²) in [5.41, 5.74) is 0. The highest BCUT2D eigenvalue weighted by Crippen LogP contribution is 2.44. The summed E-state index contributed by atoms with van der Waals surface area (Å²) in [7, 11) is -4.59. The molecular weight excluding hydrogens is 183 g/mol. The maximum Gasteiger partial charge on any atom is 0.544 e. The average Bonchev–Trinajstić information content (AvgIpc) is 2.03. The van der Waals surface area contributed by atoms with Crippen LogP contribution in [0, 0.1) is 0 Å². The van der Waals surface area contributed by atoms with E-state index in [4.69, 9.17) is 4.89 Å². The molecule has 0 aliphatic carbocycles. The lowest BCUT2D eigenvalue weighted by Crippen LogP contribution is -2.15. The highest BCUT2D eigenvalue weighted by Gasteiger charge is 2.36. The molecule has 1 N–H and O–H groups in total. The lowest BCUT2D eigenvalue weighted by atomic mass is 10.7. The van der Waals surface area contributed by atoms with Crippen molar-refractivity contribution in [2.75, 3.05) is 0 Å². The third-order valence-electron chi connectivity index (χ3n) is 0.581. The summed E-state index contributed by atoms with van der Waals surface area (Å²) < 4.78 is 17.2. The van der Waals surface area contributed by atoms with Gasteiger partial charge in [-0.05, 0) is 0 Å². The third kappa shape index (κ3) is 1.99. The van der Waals surface area contributed by atoms with E-state index in [1.54, 1.807) is 0 Å². The van der Waals surface area contributed by atoms with E-state index in [1.807, 2.05) is 0 Å². The van der Waals surface area contributed by atoms with Gasteiger partial charge in [-0.3, -0.25) is 14.7 Å². The number of hydrogen-bond acceptors (Lipinski definition) is 7. The van der Waals surface area contributed by atoms with Crippen LogP contribution in [0.5, 0.6) is 0 Å². The zero-order chi connectivity index (χ0) is 8.48. The number of carbonyl (C=O) groups is 2. The first kappa shape index (κ1) is 8.15. The molecule has 0 unspecified atom stereocenters. The van der Waals surface area contributed by atoms with Crippen molar-refractivity contribution in [1.82, 2.24) is 0 Å². The predicted octanol–water partition coefficient (Wildman–Crippen LogP) is -0.950. The highest BCUT2D eigenvalue weighted by atomic mass is 31.2. The van der Waals surface area contributed by atoms with Crippen LogP contribution in [0.15, 0.2) is 0 Å². The number of rotatable bonds is 0. The second kappa shape index (κ2) is 2.59. The molecule has 11 heavy (non-hydrogen) atoms. The van der Waals surface area contributed by atoms with Crippen LogP contribution in [-0.2, 0) is 33.3 Å². The van der Waals surface area contributed by atoms with Gasteiger partial charge in [0.1, 0.15) is 0 Å². The van der Waals surface area contributed by atoms with Crippen LogP contribution in [-0.4, -0.2) is 16.8 Å². The van der Waals surface area contributed by atoms with Gasteiger partial charge < -0.3 is 0 Å². The Hall–Kier alpha value is -0.950. The fraction of sp³-hybridized carbons (Fsp3) is 0. The van der Waals surface area contributed by atoms with E-state index < -0.39 is 19.8 Å². The monoisotopic (exact) mass is 184 g/mol. The van der Waals surface area contributed by atoms with Crippen LogP contribution < -0.4 is 0 Å². The summed E-state index contributed by atoms with van der Waals surface area (Å²) >= 11 is 0. The fourth-order valence-electron chi connectivity index (χ4n) is 0.242. The van der Waals surface area contributed by atoms with E-state index in [2.05, 4.69) is 19.1 Å². The minimum atomic E-state index is -4.59. The average molecular weight is 184 g/mol. The molecule has 8 nitrogen and oxygen atoms in total. The van der Waals surface area contributed by atoms with Gasteiger partial charge in [-0.15, -0.1) is 0 Å². The molecule has 1 saturated heterocycles.